The summed E-state index contributed by atoms with van der Waals surface area (Å²) in [7, 11) is 0. The predicted octanol–water partition coefficient (Wildman–Crippen LogP) is 3.65. The number of urea groups is 1. The Morgan fingerprint density at radius 3 is 2.57 bits per heavy atom. The number of benzene rings is 1. The van der Waals surface area contributed by atoms with E-state index in [-0.39, 0.29) is 12.1 Å². The van der Waals surface area contributed by atoms with Crippen LogP contribution in [-0.4, -0.2) is 16.8 Å². The van der Waals surface area contributed by atoms with Crippen molar-refractivity contribution in [2.75, 3.05) is 0 Å². The van der Waals surface area contributed by atoms with Gasteiger partial charge in [-0.05, 0) is 36.8 Å². The molecule has 1 aliphatic heterocycles. The lowest BCUT2D eigenvalue weighted by Gasteiger charge is -2.22. The van der Waals surface area contributed by atoms with E-state index in [0.717, 1.165) is 21.9 Å². The summed E-state index contributed by atoms with van der Waals surface area (Å²) in [6, 6.07) is 5.93. The van der Waals surface area contributed by atoms with E-state index in [1.165, 1.54) is 24.3 Å². The third kappa shape index (κ3) is 2.70. The van der Waals surface area contributed by atoms with Crippen molar-refractivity contribution in [3.05, 3.63) is 56.7 Å². The number of hydrogen-bond donors (Lipinski definition) is 1. The zero-order valence-electron chi connectivity index (χ0n) is 11.9. The molecule has 1 aliphatic rings. The lowest BCUT2D eigenvalue weighted by Crippen LogP contribution is -2.41. The molecule has 120 valence electrons. The average molecular weight is 357 g/mol. The highest BCUT2D eigenvalue weighted by molar-refractivity contribution is 7.16. The van der Waals surface area contributed by atoms with Crippen LogP contribution in [0, 0.1) is 11.6 Å². The normalized spacial score (nSPS) is 21.0. The monoisotopic (exact) mass is 356 g/mol. The molecule has 1 atom stereocenters. The van der Waals surface area contributed by atoms with Crippen molar-refractivity contribution in [2.45, 2.75) is 19.0 Å². The van der Waals surface area contributed by atoms with Crippen molar-refractivity contribution < 1.29 is 18.4 Å². The summed E-state index contributed by atoms with van der Waals surface area (Å²) in [4.78, 5) is 26.6. The smallest absolute Gasteiger partial charge is 0.319 e. The standard InChI is InChI=1S/C15H11ClF2N2O2S/c1-15(8-2-4-10(17)11(18)6-8)13(21)20(14(22)19-15)7-9-3-5-12(16)23-9/h2-6H,7H2,1H3,(H,19,22). The summed E-state index contributed by atoms with van der Waals surface area (Å²) >= 11 is 7.10. The molecule has 23 heavy (non-hydrogen) atoms. The Hall–Kier alpha value is -1.99. The van der Waals surface area contributed by atoms with Crippen LogP contribution in [0.3, 0.4) is 0 Å². The van der Waals surface area contributed by atoms with E-state index < -0.39 is 29.1 Å². The van der Waals surface area contributed by atoms with E-state index in [1.807, 2.05) is 0 Å². The first-order chi connectivity index (χ1) is 10.8. The highest BCUT2D eigenvalue weighted by Gasteiger charge is 2.49. The first kappa shape index (κ1) is 15.9. The van der Waals surface area contributed by atoms with E-state index in [4.69, 9.17) is 11.6 Å². The number of halogens is 3. The minimum absolute atomic E-state index is 0.0708. The Balaban J connectivity index is 1.91. The topological polar surface area (TPSA) is 49.4 Å². The molecule has 4 nitrogen and oxygen atoms in total. The van der Waals surface area contributed by atoms with Gasteiger partial charge in [-0.2, -0.15) is 0 Å². The van der Waals surface area contributed by atoms with Gasteiger partial charge in [0.15, 0.2) is 11.6 Å². The van der Waals surface area contributed by atoms with E-state index >= 15 is 0 Å². The maximum absolute atomic E-state index is 13.4. The van der Waals surface area contributed by atoms with Crippen LogP contribution in [0.4, 0.5) is 13.6 Å². The summed E-state index contributed by atoms with van der Waals surface area (Å²) < 4.78 is 27.1. The van der Waals surface area contributed by atoms with Crippen LogP contribution in [0.15, 0.2) is 30.3 Å². The fraction of sp³-hybridized carbons (Fsp3) is 0.200. The van der Waals surface area contributed by atoms with Crippen molar-refractivity contribution in [2.24, 2.45) is 0 Å². The average Bonchev–Trinajstić information content (AvgIpc) is 3.00. The van der Waals surface area contributed by atoms with E-state index in [0.29, 0.717) is 4.34 Å². The fourth-order valence-electron chi connectivity index (χ4n) is 2.44. The Morgan fingerprint density at radius 1 is 1.22 bits per heavy atom. The maximum atomic E-state index is 13.4. The minimum Gasteiger partial charge on any atom is -0.319 e. The van der Waals surface area contributed by atoms with Gasteiger partial charge in [-0.3, -0.25) is 9.69 Å². The molecule has 1 aromatic carbocycles. The van der Waals surface area contributed by atoms with Crippen LogP contribution in [-0.2, 0) is 16.9 Å². The lowest BCUT2D eigenvalue weighted by atomic mass is 9.92. The van der Waals surface area contributed by atoms with E-state index in [2.05, 4.69) is 5.32 Å². The number of nitrogens with one attached hydrogen (secondary N) is 1. The van der Waals surface area contributed by atoms with Gasteiger partial charge in [0.25, 0.3) is 5.91 Å². The number of amides is 3. The van der Waals surface area contributed by atoms with Gasteiger partial charge in [-0.15, -0.1) is 11.3 Å². The van der Waals surface area contributed by atoms with Crippen LogP contribution in [0.1, 0.15) is 17.4 Å². The summed E-state index contributed by atoms with van der Waals surface area (Å²) in [6.45, 7) is 1.53. The van der Waals surface area contributed by atoms with Gasteiger partial charge >= 0.3 is 6.03 Å². The fourth-order valence-corrected chi connectivity index (χ4v) is 3.51. The van der Waals surface area contributed by atoms with Crippen LogP contribution in [0.25, 0.3) is 0 Å². The second-order valence-electron chi connectivity index (χ2n) is 5.28. The van der Waals surface area contributed by atoms with E-state index in [1.54, 1.807) is 12.1 Å². The zero-order chi connectivity index (χ0) is 16.8. The number of thiophene rings is 1. The molecule has 2 heterocycles. The van der Waals surface area contributed by atoms with Crippen molar-refractivity contribution in [3.8, 4) is 0 Å². The first-order valence-electron chi connectivity index (χ1n) is 6.65. The summed E-state index contributed by atoms with van der Waals surface area (Å²) in [5, 5.41) is 2.54. The van der Waals surface area contributed by atoms with Crippen molar-refractivity contribution in [1.82, 2.24) is 10.2 Å². The summed E-state index contributed by atoms with van der Waals surface area (Å²) in [5.74, 6) is -2.62. The molecule has 0 aliphatic carbocycles. The first-order valence-corrected chi connectivity index (χ1v) is 7.84. The Labute approximate surface area is 139 Å². The van der Waals surface area contributed by atoms with Crippen molar-refractivity contribution in [1.29, 1.82) is 0 Å². The molecular formula is C15H11ClF2N2O2S. The summed E-state index contributed by atoms with van der Waals surface area (Å²) in [5.41, 5.74) is -1.26. The third-order valence-electron chi connectivity index (χ3n) is 3.71. The van der Waals surface area contributed by atoms with Gasteiger partial charge in [0.05, 0.1) is 10.9 Å². The molecule has 0 spiro atoms. The van der Waals surface area contributed by atoms with Crippen molar-refractivity contribution >= 4 is 34.9 Å². The largest absolute Gasteiger partial charge is 0.325 e. The number of nitrogens with zero attached hydrogens (tertiary/aromatic N) is 1. The van der Waals surface area contributed by atoms with Crippen LogP contribution in [0.2, 0.25) is 4.34 Å². The molecule has 1 N–H and O–H groups in total. The molecule has 1 fully saturated rings. The molecule has 2 aromatic rings. The van der Waals surface area contributed by atoms with Crippen LogP contribution < -0.4 is 5.32 Å². The van der Waals surface area contributed by atoms with Crippen molar-refractivity contribution in [3.63, 3.8) is 0 Å². The van der Waals surface area contributed by atoms with Crippen LogP contribution in [0.5, 0.6) is 0 Å². The highest BCUT2D eigenvalue weighted by atomic mass is 35.5. The quantitative estimate of drug-likeness (QED) is 0.853. The van der Waals surface area contributed by atoms with Crippen LogP contribution >= 0.6 is 22.9 Å². The van der Waals surface area contributed by atoms with Gasteiger partial charge in [0.1, 0.15) is 5.54 Å². The van der Waals surface area contributed by atoms with Gasteiger partial charge in [0, 0.05) is 4.88 Å². The summed E-state index contributed by atoms with van der Waals surface area (Å²) in [6.07, 6.45) is 0. The Kier molecular flexibility index (Phi) is 3.85. The SMILES string of the molecule is CC1(c2ccc(F)c(F)c2)NC(=O)N(Cc2ccc(Cl)s2)C1=O. The number of hydrogen-bond acceptors (Lipinski definition) is 3. The third-order valence-corrected chi connectivity index (χ3v) is 4.93. The molecule has 0 saturated carbocycles. The zero-order valence-corrected chi connectivity index (χ0v) is 13.5. The molecular weight excluding hydrogens is 346 g/mol. The molecule has 3 rings (SSSR count). The second kappa shape index (κ2) is 5.58. The molecule has 1 unspecified atom stereocenters. The molecule has 3 amide bonds. The number of rotatable bonds is 3. The maximum Gasteiger partial charge on any atom is 0.325 e. The molecule has 0 radical (unpaired) electrons. The second-order valence-corrected chi connectivity index (χ2v) is 7.08. The molecule has 1 saturated heterocycles. The molecule has 1 aromatic heterocycles. The molecule has 0 bridgehead atoms. The van der Waals surface area contributed by atoms with Gasteiger partial charge < -0.3 is 5.32 Å². The predicted molar refractivity (Wildman–Crippen MR) is 82.1 cm³/mol. The molecule has 8 heteroatoms. The lowest BCUT2D eigenvalue weighted by molar-refractivity contribution is -0.131. The Bertz CT molecular complexity index is 811. The number of carbonyl (C=O) groups excluding carboxylic acids is 2. The van der Waals surface area contributed by atoms with E-state index in [9.17, 15) is 18.4 Å². The number of carbonyl (C=O) groups is 2. The van der Waals surface area contributed by atoms with Gasteiger partial charge in [-0.1, -0.05) is 17.7 Å². The van der Waals surface area contributed by atoms with Gasteiger partial charge in [-0.25, -0.2) is 13.6 Å². The highest BCUT2D eigenvalue weighted by Crippen LogP contribution is 2.32. The number of imide groups is 1. The minimum atomic E-state index is -1.44. The Morgan fingerprint density at radius 2 is 1.96 bits per heavy atom. The van der Waals surface area contributed by atoms with Gasteiger partial charge in [0.2, 0.25) is 0 Å².